The first kappa shape index (κ1) is 7.25. The molecule has 0 aromatic heterocycles. The maximum atomic E-state index is 10.6. The normalized spacial score (nSPS) is 18.5. The first-order chi connectivity index (χ1) is 4.75. The molecule has 2 amide bonds. The lowest BCUT2D eigenvalue weighted by Crippen LogP contribution is -2.54. The maximum absolute atomic E-state index is 10.6. The van der Waals surface area contributed by atoms with E-state index >= 15 is 0 Å². The standard InChI is InChI=1S/C7H11NO2/c1-2-3-4-5-6(9)8-7(5)10/h5H,2-4H2,1H3,(H,8,9,10). The van der Waals surface area contributed by atoms with Crippen molar-refractivity contribution in [2.75, 3.05) is 0 Å². The topological polar surface area (TPSA) is 46.2 Å². The summed E-state index contributed by atoms with van der Waals surface area (Å²) >= 11 is 0. The number of amides is 2. The van der Waals surface area contributed by atoms with Crippen LogP contribution in [0, 0.1) is 5.92 Å². The molecule has 0 aliphatic carbocycles. The predicted octanol–water partition coefficient (Wildman–Crippen LogP) is 0.449. The molecule has 1 fully saturated rings. The molecule has 0 aromatic rings. The van der Waals surface area contributed by atoms with Gasteiger partial charge in [0.15, 0.2) is 0 Å². The SMILES string of the molecule is CCCCC1C(=O)NC1=O. The van der Waals surface area contributed by atoms with Gasteiger partial charge >= 0.3 is 0 Å². The Morgan fingerprint density at radius 1 is 1.40 bits per heavy atom. The fraction of sp³-hybridized carbons (Fsp3) is 0.714. The summed E-state index contributed by atoms with van der Waals surface area (Å²) in [5.74, 6) is -0.517. The van der Waals surface area contributed by atoms with Crippen LogP contribution in [0.2, 0.25) is 0 Å². The third kappa shape index (κ3) is 1.17. The van der Waals surface area contributed by atoms with Gasteiger partial charge in [0.05, 0.1) is 0 Å². The summed E-state index contributed by atoms with van der Waals surface area (Å²) in [6.45, 7) is 2.04. The van der Waals surface area contributed by atoms with Gasteiger partial charge in [-0.3, -0.25) is 14.9 Å². The van der Waals surface area contributed by atoms with Crippen LogP contribution in [-0.2, 0) is 9.59 Å². The zero-order valence-electron chi connectivity index (χ0n) is 6.02. The lowest BCUT2D eigenvalue weighted by Gasteiger charge is -2.22. The van der Waals surface area contributed by atoms with Crippen LogP contribution in [0.5, 0.6) is 0 Å². The van der Waals surface area contributed by atoms with Crippen LogP contribution in [0.15, 0.2) is 0 Å². The molecule has 3 nitrogen and oxygen atoms in total. The molecule has 1 heterocycles. The lowest BCUT2D eigenvalue weighted by molar-refractivity contribution is -0.148. The Bertz CT molecular complexity index is 151. The van der Waals surface area contributed by atoms with E-state index in [1.165, 1.54) is 0 Å². The molecule has 0 saturated carbocycles. The summed E-state index contributed by atoms with van der Waals surface area (Å²) in [4.78, 5) is 21.2. The van der Waals surface area contributed by atoms with Gasteiger partial charge in [-0.15, -0.1) is 0 Å². The number of hydrogen-bond donors (Lipinski definition) is 1. The second kappa shape index (κ2) is 2.82. The van der Waals surface area contributed by atoms with Crippen molar-refractivity contribution < 1.29 is 9.59 Å². The summed E-state index contributed by atoms with van der Waals surface area (Å²) in [5, 5.41) is 2.19. The smallest absolute Gasteiger partial charge is 0.239 e. The predicted molar refractivity (Wildman–Crippen MR) is 36.2 cm³/mol. The van der Waals surface area contributed by atoms with Gasteiger partial charge in [-0.2, -0.15) is 0 Å². The Labute approximate surface area is 59.8 Å². The molecule has 1 aliphatic rings. The van der Waals surface area contributed by atoms with Crippen LogP contribution in [0.25, 0.3) is 0 Å². The first-order valence-corrected chi connectivity index (χ1v) is 3.60. The Balaban J connectivity index is 2.27. The van der Waals surface area contributed by atoms with E-state index in [0.29, 0.717) is 0 Å². The highest BCUT2D eigenvalue weighted by Crippen LogP contribution is 2.14. The minimum atomic E-state index is -0.319. The molecule has 0 aromatic carbocycles. The van der Waals surface area contributed by atoms with E-state index in [-0.39, 0.29) is 17.7 Å². The van der Waals surface area contributed by atoms with Gasteiger partial charge in [0, 0.05) is 0 Å². The van der Waals surface area contributed by atoms with Crippen LogP contribution in [0.1, 0.15) is 26.2 Å². The number of unbranched alkanes of at least 4 members (excludes halogenated alkanes) is 1. The van der Waals surface area contributed by atoms with E-state index in [2.05, 4.69) is 5.32 Å². The zero-order valence-corrected chi connectivity index (χ0v) is 6.02. The number of hydrogen-bond acceptors (Lipinski definition) is 2. The van der Waals surface area contributed by atoms with E-state index in [1.54, 1.807) is 0 Å². The van der Waals surface area contributed by atoms with Crippen LogP contribution < -0.4 is 5.32 Å². The minimum Gasteiger partial charge on any atom is -0.295 e. The fourth-order valence-electron chi connectivity index (χ4n) is 1.01. The zero-order chi connectivity index (χ0) is 7.56. The molecule has 1 saturated heterocycles. The summed E-state index contributed by atoms with van der Waals surface area (Å²) in [6, 6.07) is 0. The average Bonchev–Trinajstić information content (AvgIpc) is 1.89. The van der Waals surface area contributed by atoms with E-state index in [0.717, 1.165) is 19.3 Å². The monoisotopic (exact) mass is 141 g/mol. The van der Waals surface area contributed by atoms with Crippen molar-refractivity contribution in [3.63, 3.8) is 0 Å². The van der Waals surface area contributed by atoms with Crippen LogP contribution >= 0.6 is 0 Å². The highest BCUT2D eigenvalue weighted by Gasteiger charge is 2.36. The number of imide groups is 1. The van der Waals surface area contributed by atoms with Gasteiger partial charge < -0.3 is 0 Å². The fourth-order valence-corrected chi connectivity index (χ4v) is 1.01. The summed E-state index contributed by atoms with van der Waals surface area (Å²) in [5.41, 5.74) is 0. The quantitative estimate of drug-likeness (QED) is 0.458. The second-order valence-electron chi connectivity index (χ2n) is 2.55. The van der Waals surface area contributed by atoms with E-state index < -0.39 is 0 Å². The van der Waals surface area contributed by atoms with Gasteiger partial charge in [0.2, 0.25) is 11.8 Å². The van der Waals surface area contributed by atoms with Gasteiger partial charge in [0.25, 0.3) is 0 Å². The molecule has 0 unspecified atom stereocenters. The van der Waals surface area contributed by atoms with Gasteiger partial charge in [-0.25, -0.2) is 0 Å². The molecule has 56 valence electrons. The second-order valence-corrected chi connectivity index (χ2v) is 2.55. The number of carbonyl (C=O) groups is 2. The largest absolute Gasteiger partial charge is 0.295 e. The highest BCUT2D eigenvalue weighted by molar-refractivity contribution is 6.17. The van der Waals surface area contributed by atoms with Gasteiger partial charge in [0.1, 0.15) is 5.92 Å². The first-order valence-electron chi connectivity index (χ1n) is 3.60. The molecule has 0 radical (unpaired) electrons. The molecular formula is C7H11NO2. The van der Waals surface area contributed by atoms with Crippen molar-refractivity contribution in [1.29, 1.82) is 0 Å². The lowest BCUT2D eigenvalue weighted by atomic mass is 9.94. The van der Waals surface area contributed by atoms with Crippen LogP contribution in [0.3, 0.4) is 0 Å². The molecule has 1 rings (SSSR count). The van der Waals surface area contributed by atoms with Gasteiger partial charge in [-0.05, 0) is 6.42 Å². The molecule has 0 bridgehead atoms. The maximum Gasteiger partial charge on any atom is 0.239 e. The Hall–Kier alpha value is -0.860. The molecule has 1 N–H and O–H groups in total. The summed E-state index contributed by atoms with van der Waals surface area (Å²) in [6.07, 6.45) is 2.72. The molecular weight excluding hydrogens is 130 g/mol. The molecule has 1 aliphatic heterocycles. The number of β-lactam (4-membered cyclic amide) rings is 2. The number of nitrogens with one attached hydrogen (secondary N) is 1. The van der Waals surface area contributed by atoms with Crippen molar-refractivity contribution in [2.24, 2.45) is 5.92 Å². The third-order valence-electron chi connectivity index (χ3n) is 1.73. The number of carbonyl (C=O) groups excluding carboxylic acids is 2. The van der Waals surface area contributed by atoms with Crippen molar-refractivity contribution in [3.8, 4) is 0 Å². The Kier molecular flexibility index (Phi) is 2.04. The van der Waals surface area contributed by atoms with Crippen molar-refractivity contribution in [1.82, 2.24) is 5.32 Å². The van der Waals surface area contributed by atoms with E-state index in [1.807, 2.05) is 6.92 Å². The van der Waals surface area contributed by atoms with Crippen LogP contribution in [-0.4, -0.2) is 11.8 Å². The van der Waals surface area contributed by atoms with Crippen molar-refractivity contribution in [2.45, 2.75) is 26.2 Å². The Morgan fingerprint density at radius 2 is 2.00 bits per heavy atom. The summed E-state index contributed by atoms with van der Waals surface area (Å²) in [7, 11) is 0. The van der Waals surface area contributed by atoms with Crippen molar-refractivity contribution >= 4 is 11.8 Å². The Morgan fingerprint density at radius 3 is 2.40 bits per heavy atom. The van der Waals surface area contributed by atoms with E-state index in [9.17, 15) is 9.59 Å². The molecule has 3 heteroatoms. The molecule has 0 atom stereocenters. The summed E-state index contributed by atoms with van der Waals surface area (Å²) < 4.78 is 0. The van der Waals surface area contributed by atoms with Crippen LogP contribution in [0.4, 0.5) is 0 Å². The average molecular weight is 141 g/mol. The highest BCUT2D eigenvalue weighted by atomic mass is 16.2. The van der Waals surface area contributed by atoms with Gasteiger partial charge in [-0.1, -0.05) is 19.8 Å². The minimum absolute atomic E-state index is 0.0987. The third-order valence-corrected chi connectivity index (χ3v) is 1.73. The van der Waals surface area contributed by atoms with Crippen molar-refractivity contribution in [3.05, 3.63) is 0 Å². The number of rotatable bonds is 3. The van der Waals surface area contributed by atoms with E-state index in [4.69, 9.17) is 0 Å². The molecule has 10 heavy (non-hydrogen) atoms. The molecule has 0 spiro atoms.